The summed E-state index contributed by atoms with van der Waals surface area (Å²) >= 11 is 3.39. The molecular formula is C15H21BrN2O2S. The number of benzene rings is 1. The second-order valence-electron chi connectivity index (χ2n) is 6.18. The molecule has 1 aromatic rings. The maximum Gasteiger partial charge on any atom is 0.244 e. The van der Waals surface area contributed by atoms with Gasteiger partial charge in [-0.3, -0.25) is 0 Å². The van der Waals surface area contributed by atoms with E-state index in [2.05, 4.69) is 15.9 Å². The van der Waals surface area contributed by atoms with E-state index in [-0.39, 0.29) is 0 Å². The quantitative estimate of drug-likeness (QED) is 0.799. The molecule has 4 nitrogen and oxygen atoms in total. The molecule has 0 heterocycles. The SMILES string of the molecule is NCc1ccc(S(=O)(=O)N(CC2CC2)CC2CC2)c(Br)c1. The summed E-state index contributed by atoms with van der Waals surface area (Å²) in [7, 11) is -3.42. The molecular weight excluding hydrogens is 352 g/mol. The molecule has 2 fully saturated rings. The summed E-state index contributed by atoms with van der Waals surface area (Å²) in [6.45, 7) is 1.75. The fourth-order valence-electron chi connectivity index (χ4n) is 2.47. The van der Waals surface area contributed by atoms with Crippen molar-refractivity contribution in [2.45, 2.75) is 37.1 Å². The van der Waals surface area contributed by atoms with Gasteiger partial charge >= 0.3 is 0 Å². The Balaban J connectivity index is 1.87. The van der Waals surface area contributed by atoms with Crippen LogP contribution in [0.1, 0.15) is 31.2 Å². The predicted molar refractivity (Wildman–Crippen MR) is 86.2 cm³/mol. The van der Waals surface area contributed by atoms with Gasteiger partial charge in [0.05, 0.1) is 4.90 Å². The van der Waals surface area contributed by atoms with Crippen LogP contribution in [-0.4, -0.2) is 25.8 Å². The zero-order valence-corrected chi connectivity index (χ0v) is 14.4. The van der Waals surface area contributed by atoms with E-state index in [9.17, 15) is 8.42 Å². The lowest BCUT2D eigenvalue weighted by Gasteiger charge is -2.23. The minimum atomic E-state index is -3.42. The zero-order chi connectivity index (χ0) is 15.0. The summed E-state index contributed by atoms with van der Waals surface area (Å²) < 4.78 is 28.2. The molecule has 1 aromatic carbocycles. The van der Waals surface area contributed by atoms with Gasteiger partial charge in [-0.1, -0.05) is 6.07 Å². The van der Waals surface area contributed by atoms with Crippen LogP contribution in [0.2, 0.25) is 0 Å². The molecule has 0 saturated heterocycles. The molecule has 0 bridgehead atoms. The molecule has 21 heavy (non-hydrogen) atoms. The van der Waals surface area contributed by atoms with Crippen molar-refractivity contribution >= 4 is 26.0 Å². The lowest BCUT2D eigenvalue weighted by molar-refractivity contribution is 0.382. The fraction of sp³-hybridized carbons (Fsp3) is 0.600. The van der Waals surface area contributed by atoms with E-state index >= 15 is 0 Å². The Labute approximate surface area is 134 Å². The topological polar surface area (TPSA) is 63.4 Å². The average molecular weight is 373 g/mol. The summed E-state index contributed by atoms with van der Waals surface area (Å²) in [4.78, 5) is 0.362. The number of hydrogen-bond donors (Lipinski definition) is 1. The molecule has 2 aliphatic rings. The van der Waals surface area contributed by atoms with Crippen LogP contribution in [0.15, 0.2) is 27.6 Å². The predicted octanol–water partition coefficient (Wildman–Crippen LogP) is 2.72. The van der Waals surface area contributed by atoms with E-state index in [0.717, 1.165) is 31.2 Å². The van der Waals surface area contributed by atoms with Gasteiger partial charge in [-0.05, 0) is 71.1 Å². The van der Waals surface area contributed by atoms with Crippen LogP contribution in [0.25, 0.3) is 0 Å². The van der Waals surface area contributed by atoms with Gasteiger partial charge in [-0.15, -0.1) is 0 Å². The highest BCUT2D eigenvalue weighted by Gasteiger charge is 2.36. The van der Waals surface area contributed by atoms with Crippen molar-refractivity contribution in [3.8, 4) is 0 Å². The van der Waals surface area contributed by atoms with E-state index < -0.39 is 10.0 Å². The van der Waals surface area contributed by atoms with Crippen molar-refractivity contribution in [1.29, 1.82) is 0 Å². The molecule has 116 valence electrons. The second-order valence-corrected chi connectivity index (χ2v) is 8.94. The van der Waals surface area contributed by atoms with Crippen LogP contribution in [0.4, 0.5) is 0 Å². The maximum atomic E-state index is 12.9. The Kier molecular flexibility index (Phi) is 4.41. The molecule has 6 heteroatoms. The number of nitrogens with zero attached hydrogens (tertiary/aromatic N) is 1. The minimum Gasteiger partial charge on any atom is -0.326 e. The first kappa shape index (κ1) is 15.5. The summed E-state index contributed by atoms with van der Waals surface area (Å²) in [5.41, 5.74) is 6.53. The largest absolute Gasteiger partial charge is 0.326 e. The van der Waals surface area contributed by atoms with Crippen LogP contribution in [-0.2, 0) is 16.6 Å². The van der Waals surface area contributed by atoms with Crippen molar-refractivity contribution in [2.24, 2.45) is 17.6 Å². The van der Waals surface area contributed by atoms with Crippen molar-refractivity contribution in [3.05, 3.63) is 28.2 Å². The molecule has 0 spiro atoms. The van der Waals surface area contributed by atoms with Crippen LogP contribution in [0.3, 0.4) is 0 Å². The normalized spacial score (nSPS) is 19.2. The molecule has 2 aliphatic carbocycles. The smallest absolute Gasteiger partial charge is 0.244 e. The van der Waals surface area contributed by atoms with Gasteiger partial charge in [0.2, 0.25) is 10.0 Å². The van der Waals surface area contributed by atoms with Crippen molar-refractivity contribution in [2.75, 3.05) is 13.1 Å². The van der Waals surface area contributed by atoms with Crippen molar-refractivity contribution in [1.82, 2.24) is 4.31 Å². The molecule has 0 aromatic heterocycles. The van der Waals surface area contributed by atoms with Crippen molar-refractivity contribution < 1.29 is 8.42 Å². The Bertz CT molecular complexity index is 611. The minimum absolute atomic E-state index is 0.362. The van der Waals surface area contributed by atoms with Crippen LogP contribution in [0.5, 0.6) is 0 Å². The van der Waals surface area contributed by atoms with Gasteiger partial charge in [0.1, 0.15) is 0 Å². The number of nitrogens with two attached hydrogens (primary N) is 1. The van der Waals surface area contributed by atoms with E-state index in [1.165, 1.54) is 0 Å². The molecule has 0 atom stereocenters. The number of rotatable bonds is 7. The van der Waals surface area contributed by atoms with Crippen LogP contribution in [0, 0.1) is 11.8 Å². The van der Waals surface area contributed by atoms with E-state index in [1.807, 2.05) is 0 Å². The van der Waals surface area contributed by atoms with Gasteiger partial charge in [-0.25, -0.2) is 8.42 Å². The lowest BCUT2D eigenvalue weighted by Crippen LogP contribution is -2.35. The number of halogens is 1. The molecule has 3 rings (SSSR count). The first-order chi connectivity index (χ1) is 10.0. The van der Waals surface area contributed by atoms with Crippen LogP contribution < -0.4 is 5.73 Å². The third-order valence-electron chi connectivity index (χ3n) is 4.17. The lowest BCUT2D eigenvalue weighted by atomic mass is 10.2. The first-order valence-electron chi connectivity index (χ1n) is 7.49. The second kappa shape index (κ2) is 5.99. The number of sulfonamides is 1. The van der Waals surface area contributed by atoms with E-state index in [0.29, 0.717) is 40.8 Å². The Morgan fingerprint density at radius 3 is 2.14 bits per heavy atom. The molecule has 2 N–H and O–H groups in total. The summed E-state index contributed by atoms with van der Waals surface area (Å²) in [6.07, 6.45) is 4.63. The highest BCUT2D eigenvalue weighted by molar-refractivity contribution is 9.10. The first-order valence-corrected chi connectivity index (χ1v) is 9.72. The van der Waals surface area contributed by atoms with Crippen LogP contribution >= 0.6 is 15.9 Å². The fourth-order valence-corrected chi connectivity index (χ4v) is 5.14. The van der Waals surface area contributed by atoms with Gasteiger partial charge in [0.15, 0.2) is 0 Å². The van der Waals surface area contributed by atoms with E-state index in [1.54, 1.807) is 22.5 Å². The molecule has 2 saturated carbocycles. The summed E-state index contributed by atoms with van der Waals surface area (Å²) in [5.74, 6) is 1.11. The van der Waals surface area contributed by atoms with Crippen molar-refractivity contribution in [3.63, 3.8) is 0 Å². The third kappa shape index (κ3) is 3.67. The third-order valence-corrected chi connectivity index (χ3v) is 6.98. The summed E-state index contributed by atoms with van der Waals surface area (Å²) in [6, 6.07) is 5.28. The Hall–Kier alpha value is -0.430. The number of hydrogen-bond acceptors (Lipinski definition) is 3. The zero-order valence-electron chi connectivity index (χ0n) is 12.0. The Morgan fingerprint density at radius 1 is 1.14 bits per heavy atom. The Morgan fingerprint density at radius 2 is 1.71 bits per heavy atom. The summed E-state index contributed by atoms with van der Waals surface area (Å²) in [5, 5.41) is 0. The monoisotopic (exact) mass is 372 g/mol. The van der Waals surface area contributed by atoms with Gasteiger partial charge in [0.25, 0.3) is 0 Å². The average Bonchev–Trinajstić information content (AvgIpc) is 3.32. The maximum absolute atomic E-state index is 12.9. The highest BCUT2D eigenvalue weighted by Crippen LogP contribution is 2.37. The standard InChI is InChI=1S/C15H21BrN2O2S/c16-14-7-13(8-17)5-6-15(14)21(19,20)18(9-11-1-2-11)10-12-3-4-12/h5-7,11-12H,1-4,8-10,17H2. The van der Waals surface area contributed by atoms with Gasteiger partial charge in [-0.2, -0.15) is 4.31 Å². The van der Waals surface area contributed by atoms with E-state index in [4.69, 9.17) is 5.73 Å². The van der Waals surface area contributed by atoms with Gasteiger partial charge < -0.3 is 5.73 Å². The molecule has 0 unspecified atom stereocenters. The van der Waals surface area contributed by atoms with Gasteiger partial charge in [0, 0.05) is 24.1 Å². The highest BCUT2D eigenvalue weighted by atomic mass is 79.9. The molecule has 0 radical (unpaired) electrons. The molecule has 0 amide bonds. The molecule has 0 aliphatic heterocycles.